The van der Waals surface area contributed by atoms with Crippen LogP contribution in [0.3, 0.4) is 0 Å². The Kier molecular flexibility index (Phi) is 6.90. The Balaban J connectivity index is 1.82. The summed E-state index contributed by atoms with van der Waals surface area (Å²) in [6.45, 7) is 5.70. The summed E-state index contributed by atoms with van der Waals surface area (Å²) >= 11 is 0. The fourth-order valence-electron chi connectivity index (χ4n) is 2.69. The van der Waals surface area contributed by atoms with Gasteiger partial charge in [-0.2, -0.15) is 0 Å². The largest absolute Gasteiger partial charge is 0.494 e. The number of benzene rings is 1. The number of amides is 1. The molecular formula is C18H25NO5. The van der Waals surface area contributed by atoms with Crippen molar-refractivity contribution in [3.05, 3.63) is 24.3 Å². The molecule has 132 valence electrons. The van der Waals surface area contributed by atoms with Gasteiger partial charge in [-0.05, 0) is 51.0 Å². The van der Waals surface area contributed by atoms with Gasteiger partial charge in [0.1, 0.15) is 11.5 Å². The summed E-state index contributed by atoms with van der Waals surface area (Å²) in [5, 5.41) is 0. The molecule has 6 heteroatoms. The van der Waals surface area contributed by atoms with E-state index < -0.39 is 0 Å². The van der Waals surface area contributed by atoms with Gasteiger partial charge in [-0.15, -0.1) is 0 Å². The van der Waals surface area contributed by atoms with Gasteiger partial charge < -0.3 is 19.1 Å². The standard InChI is InChI=1S/C18H25NO5/c1-3-22-15-7-9-16(10-8-15)24-13-17(20)19-11-5-6-14(12-19)18(21)23-4-2/h7-10,14H,3-6,11-13H2,1-2H3/t14-/m0/s1. The second-order valence-corrected chi connectivity index (χ2v) is 5.62. The normalized spacial score (nSPS) is 17.2. The van der Waals surface area contributed by atoms with Crippen molar-refractivity contribution in [3.63, 3.8) is 0 Å². The van der Waals surface area contributed by atoms with Crippen LogP contribution >= 0.6 is 0 Å². The number of ether oxygens (including phenoxy) is 3. The van der Waals surface area contributed by atoms with E-state index in [2.05, 4.69) is 0 Å². The molecule has 0 saturated carbocycles. The van der Waals surface area contributed by atoms with Gasteiger partial charge in [0.2, 0.25) is 0 Å². The van der Waals surface area contributed by atoms with Crippen molar-refractivity contribution in [1.29, 1.82) is 0 Å². The smallest absolute Gasteiger partial charge is 0.310 e. The minimum atomic E-state index is -0.229. The van der Waals surface area contributed by atoms with Crippen molar-refractivity contribution in [2.75, 3.05) is 32.9 Å². The van der Waals surface area contributed by atoms with Crippen molar-refractivity contribution in [1.82, 2.24) is 4.90 Å². The lowest BCUT2D eigenvalue weighted by Crippen LogP contribution is -2.44. The molecule has 1 atom stereocenters. The molecule has 1 amide bonds. The summed E-state index contributed by atoms with van der Waals surface area (Å²) < 4.78 is 15.9. The number of carbonyl (C=O) groups excluding carboxylic acids is 2. The maximum absolute atomic E-state index is 12.3. The van der Waals surface area contributed by atoms with Crippen LogP contribution in [0.25, 0.3) is 0 Å². The molecule has 1 aliphatic rings. The van der Waals surface area contributed by atoms with E-state index in [1.54, 1.807) is 36.1 Å². The minimum absolute atomic E-state index is 0.0382. The van der Waals surface area contributed by atoms with Crippen LogP contribution in [0.15, 0.2) is 24.3 Å². The van der Waals surface area contributed by atoms with E-state index in [1.807, 2.05) is 6.92 Å². The van der Waals surface area contributed by atoms with Gasteiger partial charge in [0, 0.05) is 13.1 Å². The molecule has 0 spiro atoms. The topological polar surface area (TPSA) is 65.1 Å². The van der Waals surface area contributed by atoms with Crippen molar-refractivity contribution >= 4 is 11.9 Å². The maximum Gasteiger partial charge on any atom is 0.310 e. The molecule has 1 fully saturated rings. The highest BCUT2D eigenvalue weighted by molar-refractivity contribution is 5.79. The highest BCUT2D eigenvalue weighted by Crippen LogP contribution is 2.20. The van der Waals surface area contributed by atoms with Crippen LogP contribution in [0.5, 0.6) is 11.5 Å². The Labute approximate surface area is 142 Å². The molecule has 0 bridgehead atoms. The third kappa shape index (κ3) is 5.15. The monoisotopic (exact) mass is 335 g/mol. The van der Waals surface area contributed by atoms with Crippen LogP contribution in [-0.2, 0) is 14.3 Å². The fourth-order valence-corrected chi connectivity index (χ4v) is 2.69. The third-order valence-corrected chi connectivity index (χ3v) is 3.89. The maximum atomic E-state index is 12.3. The van der Waals surface area contributed by atoms with Gasteiger partial charge in [-0.25, -0.2) is 0 Å². The van der Waals surface area contributed by atoms with Crippen LogP contribution in [0, 0.1) is 5.92 Å². The third-order valence-electron chi connectivity index (χ3n) is 3.89. The lowest BCUT2D eigenvalue weighted by molar-refractivity contribution is -0.151. The van der Waals surface area contributed by atoms with Gasteiger partial charge in [0.15, 0.2) is 6.61 Å². The van der Waals surface area contributed by atoms with Gasteiger partial charge in [-0.1, -0.05) is 0 Å². The lowest BCUT2D eigenvalue weighted by Gasteiger charge is -2.31. The molecule has 0 N–H and O–H groups in total. The van der Waals surface area contributed by atoms with E-state index in [-0.39, 0.29) is 24.4 Å². The molecule has 1 aromatic rings. The number of likely N-dealkylation sites (tertiary alicyclic amines) is 1. The first-order valence-corrected chi connectivity index (χ1v) is 8.44. The highest BCUT2D eigenvalue weighted by atomic mass is 16.5. The van der Waals surface area contributed by atoms with E-state index in [1.165, 1.54) is 0 Å². The second-order valence-electron chi connectivity index (χ2n) is 5.62. The predicted octanol–water partition coefficient (Wildman–Crippen LogP) is 2.27. The molecule has 0 radical (unpaired) electrons. The lowest BCUT2D eigenvalue weighted by atomic mass is 9.98. The number of piperidine rings is 1. The van der Waals surface area contributed by atoms with Crippen molar-refractivity contribution in [2.45, 2.75) is 26.7 Å². The fraction of sp³-hybridized carbons (Fsp3) is 0.556. The molecule has 2 rings (SSSR count). The molecule has 1 aliphatic heterocycles. The molecule has 0 aromatic heterocycles. The SMILES string of the molecule is CCOC(=O)[C@H]1CCCN(C(=O)COc2ccc(OCC)cc2)C1. The Hall–Kier alpha value is -2.24. The number of hydrogen-bond donors (Lipinski definition) is 0. The molecule has 6 nitrogen and oxygen atoms in total. The average Bonchev–Trinajstić information content (AvgIpc) is 2.61. The van der Waals surface area contributed by atoms with E-state index in [9.17, 15) is 9.59 Å². The van der Waals surface area contributed by atoms with Crippen LogP contribution in [0.4, 0.5) is 0 Å². The highest BCUT2D eigenvalue weighted by Gasteiger charge is 2.29. The summed E-state index contributed by atoms with van der Waals surface area (Å²) in [7, 11) is 0. The molecular weight excluding hydrogens is 310 g/mol. The van der Waals surface area contributed by atoms with Crippen LogP contribution < -0.4 is 9.47 Å². The predicted molar refractivity (Wildman–Crippen MR) is 89.0 cm³/mol. The summed E-state index contributed by atoms with van der Waals surface area (Å²) in [6, 6.07) is 7.16. The molecule has 1 aromatic carbocycles. The van der Waals surface area contributed by atoms with Crippen molar-refractivity contribution < 1.29 is 23.8 Å². The van der Waals surface area contributed by atoms with Gasteiger partial charge in [-0.3, -0.25) is 9.59 Å². The van der Waals surface area contributed by atoms with Gasteiger partial charge >= 0.3 is 5.97 Å². The van der Waals surface area contributed by atoms with Gasteiger partial charge in [0.25, 0.3) is 5.91 Å². The van der Waals surface area contributed by atoms with E-state index in [4.69, 9.17) is 14.2 Å². The van der Waals surface area contributed by atoms with E-state index in [0.29, 0.717) is 32.1 Å². The van der Waals surface area contributed by atoms with Crippen LogP contribution in [0.2, 0.25) is 0 Å². The van der Waals surface area contributed by atoms with E-state index in [0.717, 1.165) is 18.6 Å². The first-order valence-electron chi connectivity index (χ1n) is 8.44. The number of rotatable bonds is 7. The second kappa shape index (κ2) is 9.15. The zero-order valence-electron chi connectivity index (χ0n) is 14.3. The molecule has 0 unspecified atom stereocenters. The van der Waals surface area contributed by atoms with Crippen molar-refractivity contribution in [2.24, 2.45) is 5.92 Å². The molecule has 0 aliphatic carbocycles. The first kappa shape index (κ1) is 18.1. The number of nitrogens with zero attached hydrogens (tertiary/aromatic N) is 1. The average molecular weight is 335 g/mol. The number of esters is 1. The summed E-state index contributed by atoms with van der Waals surface area (Å²) in [5.74, 6) is 0.823. The Morgan fingerprint density at radius 1 is 1.08 bits per heavy atom. The van der Waals surface area contributed by atoms with Crippen LogP contribution in [0.1, 0.15) is 26.7 Å². The Morgan fingerprint density at radius 3 is 2.38 bits per heavy atom. The Morgan fingerprint density at radius 2 is 1.75 bits per heavy atom. The quantitative estimate of drug-likeness (QED) is 0.715. The summed E-state index contributed by atoms with van der Waals surface area (Å²) in [6.07, 6.45) is 1.57. The number of carbonyl (C=O) groups is 2. The first-order chi connectivity index (χ1) is 11.6. The van der Waals surface area contributed by atoms with Crippen molar-refractivity contribution in [3.8, 4) is 11.5 Å². The molecule has 1 saturated heterocycles. The summed E-state index contributed by atoms with van der Waals surface area (Å²) in [5.41, 5.74) is 0. The molecule has 24 heavy (non-hydrogen) atoms. The minimum Gasteiger partial charge on any atom is -0.494 e. The molecule has 1 heterocycles. The van der Waals surface area contributed by atoms with E-state index >= 15 is 0 Å². The van der Waals surface area contributed by atoms with Gasteiger partial charge in [0.05, 0.1) is 19.1 Å². The van der Waals surface area contributed by atoms with Crippen LogP contribution in [-0.4, -0.2) is 49.7 Å². The number of hydrogen-bond acceptors (Lipinski definition) is 5. The Bertz CT molecular complexity index is 543. The summed E-state index contributed by atoms with van der Waals surface area (Å²) in [4.78, 5) is 25.8. The zero-order chi connectivity index (χ0) is 17.4. The zero-order valence-corrected chi connectivity index (χ0v) is 14.3.